The van der Waals surface area contributed by atoms with E-state index in [0.717, 1.165) is 0 Å². The Morgan fingerprint density at radius 1 is 1.53 bits per heavy atom. The third kappa shape index (κ3) is 2.75. The number of nitrogen functional groups attached to an aromatic ring is 1. The van der Waals surface area contributed by atoms with Gasteiger partial charge in [-0.25, -0.2) is 11.4 Å². The smallest absolute Gasteiger partial charge is 0.359 e. The lowest BCUT2D eigenvalue weighted by molar-refractivity contribution is 0.0549. The Morgan fingerprint density at radius 2 is 2.20 bits per heavy atom. The van der Waals surface area contributed by atoms with Crippen LogP contribution in [0.1, 0.15) is 10.4 Å². The van der Waals surface area contributed by atoms with E-state index >= 15 is 0 Å². The molecule has 2 N–H and O–H groups in total. The zero-order chi connectivity index (χ0) is 11.4. The molecule has 0 radical (unpaired) electrons. The molecule has 0 aliphatic carbocycles. The van der Waals surface area contributed by atoms with Crippen LogP contribution in [0.3, 0.4) is 0 Å². The van der Waals surface area contributed by atoms with Crippen molar-refractivity contribution < 1.29 is 9.53 Å². The molecule has 0 bridgehead atoms. The zero-order valence-electron chi connectivity index (χ0n) is 7.46. The number of hydrogen-bond acceptors (Lipinski definition) is 3. The van der Waals surface area contributed by atoms with Crippen LogP contribution in [0.15, 0.2) is 12.1 Å². The minimum Gasteiger partial charge on any atom is -0.397 e. The Bertz CT molecular complexity index is 440. The second-order valence-electron chi connectivity index (χ2n) is 2.57. The Morgan fingerprint density at radius 3 is 2.80 bits per heavy atom. The van der Waals surface area contributed by atoms with Crippen LogP contribution in [-0.4, -0.2) is 12.7 Å². The average molecular weight is 245 g/mol. The summed E-state index contributed by atoms with van der Waals surface area (Å²) in [5.74, 6) is -0.715. The predicted octanol–water partition coefficient (Wildman–Crippen LogP) is 2.61. The second-order valence-corrected chi connectivity index (χ2v) is 3.41. The first-order valence-corrected chi connectivity index (χ1v) is 4.56. The fourth-order valence-corrected chi connectivity index (χ4v) is 1.42. The molecule has 0 heterocycles. The van der Waals surface area contributed by atoms with Crippen molar-refractivity contribution in [3.8, 4) is 0 Å². The molecule has 0 atom stereocenters. The third-order valence-corrected chi connectivity index (χ3v) is 2.11. The number of carbonyl (C=O) groups is 1. The average Bonchev–Trinajstić information content (AvgIpc) is 2.19. The number of ether oxygens (including phenoxy) is 1. The maximum Gasteiger partial charge on any atom is 0.359 e. The Hall–Kier alpha value is -1.44. The summed E-state index contributed by atoms with van der Waals surface area (Å²) in [4.78, 5) is 14.2. The van der Waals surface area contributed by atoms with Gasteiger partial charge < -0.3 is 10.5 Å². The van der Waals surface area contributed by atoms with E-state index in [2.05, 4.69) is 9.58 Å². The SMILES string of the molecule is [C-]#[N+]COC(=O)c1cc(Cl)cc(Cl)c1N. The molecule has 0 aliphatic heterocycles. The Labute approximate surface area is 96.4 Å². The lowest BCUT2D eigenvalue weighted by Gasteiger charge is -2.05. The first-order valence-electron chi connectivity index (χ1n) is 3.81. The van der Waals surface area contributed by atoms with Crippen molar-refractivity contribution in [2.24, 2.45) is 0 Å². The molecule has 0 saturated heterocycles. The first-order chi connectivity index (χ1) is 7.06. The summed E-state index contributed by atoms with van der Waals surface area (Å²) in [6.45, 7) is 6.10. The number of nitrogens with zero attached hydrogens (tertiary/aromatic N) is 1. The van der Waals surface area contributed by atoms with Gasteiger partial charge in [0.2, 0.25) is 0 Å². The van der Waals surface area contributed by atoms with Crippen LogP contribution in [0.25, 0.3) is 4.85 Å². The highest BCUT2D eigenvalue weighted by molar-refractivity contribution is 6.37. The number of benzene rings is 1. The molecular weight excluding hydrogens is 239 g/mol. The number of carbonyl (C=O) groups excluding carboxylic acids is 1. The minimum absolute atomic E-state index is 0.0659. The molecule has 1 rings (SSSR count). The molecule has 6 heteroatoms. The van der Waals surface area contributed by atoms with Crippen LogP contribution in [0.4, 0.5) is 5.69 Å². The van der Waals surface area contributed by atoms with Crippen LogP contribution in [-0.2, 0) is 4.74 Å². The summed E-state index contributed by atoms with van der Waals surface area (Å²) in [7, 11) is 0. The lowest BCUT2D eigenvalue weighted by Crippen LogP contribution is -2.08. The summed E-state index contributed by atoms with van der Waals surface area (Å²) in [6, 6.07) is 2.76. The minimum atomic E-state index is -0.715. The molecule has 0 saturated carbocycles. The summed E-state index contributed by atoms with van der Waals surface area (Å²) < 4.78 is 4.58. The standard InChI is InChI=1S/C9H6Cl2N2O2/c1-13-4-15-9(14)6-2-5(10)3-7(11)8(6)12/h2-3H,4,12H2. The van der Waals surface area contributed by atoms with E-state index in [1.807, 2.05) is 0 Å². The predicted molar refractivity (Wildman–Crippen MR) is 57.8 cm³/mol. The van der Waals surface area contributed by atoms with Crippen molar-refractivity contribution in [3.05, 3.63) is 39.2 Å². The molecule has 78 valence electrons. The van der Waals surface area contributed by atoms with E-state index in [1.165, 1.54) is 12.1 Å². The molecule has 0 amide bonds. The highest BCUT2D eigenvalue weighted by Crippen LogP contribution is 2.27. The van der Waals surface area contributed by atoms with Gasteiger partial charge in [-0.2, -0.15) is 0 Å². The number of hydrogen-bond donors (Lipinski definition) is 1. The Balaban J connectivity index is 3.04. The largest absolute Gasteiger partial charge is 0.397 e. The van der Waals surface area contributed by atoms with Gasteiger partial charge in [-0.15, -0.1) is 0 Å². The normalized spacial score (nSPS) is 9.40. The molecule has 0 unspecified atom stereocenters. The van der Waals surface area contributed by atoms with Gasteiger partial charge in [0.25, 0.3) is 0 Å². The maximum atomic E-state index is 11.4. The van der Waals surface area contributed by atoms with Gasteiger partial charge in [0.1, 0.15) is 0 Å². The van der Waals surface area contributed by atoms with Crippen LogP contribution < -0.4 is 5.73 Å². The van der Waals surface area contributed by atoms with E-state index in [4.69, 9.17) is 35.5 Å². The second kappa shape index (κ2) is 4.87. The molecule has 0 aliphatic rings. The zero-order valence-corrected chi connectivity index (χ0v) is 8.97. The van der Waals surface area contributed by atoms with E-state index in [1.54, 1.807) is 0 Å². The van der Waals surface area contributed by atoms with Crippen molar-refractivity contribution in [1.29, 1.82) is 0 Å². The van der Waals surface area contributed by atoms with Crippen molar-refractivity contribution in [2.45, 2.75) is 0 Å². The van der Waals surface area contributed by atoms with E-state index in [-0.39, 0.29) is 28.0 Å². The van der Waals surface area contributed by atoms with Gasteiger partial charge in [-0.05, 0) is 12.1 Å². The number of anilines is 1. The summed E-state index contributed by atoms with van der Waals surface area (Å²) in [5.41, 5.74) is 5.71. The fraction of sp³-hybridized carbons (Fsp3) is 0.111. The fourth-order valence-electron chi connectivity index (χ4n) is 0.922. The topological polar surface area (TPSA) is 56.7 Å². The third-order valence-electron chi connectivity index (χ3n) is 1.57. The van der Waals surface area contributed by atoms with Crippen LogP contribution in [0.2, 0.25) is 10.0 Å². The number of halogens is 2. The van der Waals surface area contributed by atoms with Gasteiger partial charge in [-0.3, -0.25) is 4.85 Å². The summed E-state index contributed by atoms with van der Waals surface area (Å²) in [6.07, 6.45) is 0. The van der Waals surface area contributed by atoms with Gasteiger partial charge in [-0.1, -0.05) is 23.2 Å². The lowest BCUT2D eigenvalue weighted by atomic mass is 10.2. The summed E-state index contributed by atoms with van der Waals surface area (Å²) >= 11 is 11.4. The van der Waals surface area contributed by atoms with Crippen molar-refractivity contribution >= 4 is 34.9 Å². The van der Waals surface area contributed by atoms with E-state index in [0.29, 0.717) is 0 Å². The molecule has 0 fully saturated rings. The molecule has 1 aromatic carbocycles. The molecular formula is C9H6Cl2N2O2. The van der Waals surface area contributed by atoms with E-state index < -0.39 is 5.97 Å². The molecule has 0 spiro atoms. The van der Waals surface area contributed by atoms with Gasteiger partial charge in [0.15, 0.2) is 0 Å². The first kappa shape index (κ1) is 11.6. The summed E-state index contributed by atoms with van der Waals surface area (Å²) in [5, 5.41) is 0.459. The van der Waals surface area contributed by atoms with Crippen LogP contribution in [0, 0.1) is 6.57 Å². The molecule has 0 aromatic heterocycles. The van der Waals surface area contributed by atoms with Gasteiger partial charge in [0.05, 0.1) is 16.3 Å². The number of rotatable bonds is 2. The number of nitrogens with two attached hydrogens (primary N) is 1. The highest BCUT2D eigenvalue weighted by atomic mass is 35.5. The number of esters is 1. The van der Waals surface area contributed by atoms with Gasteiger partial charge in [0, 0.05) is 5.02 Å². The van der Waals surface area contributed by atoms with Gasteiger partial charge >= 0.3 is 12.7 Å². The van der Waals surface area contributed by atoms with Crippen molar-refractivity contribution in [1.82, 2.24) is 0 Å². The monoisotopic (exact) mass is 244 g/mol. The Kier molecular flexibility index (Phi) is 3.78. The molecule has 4 nitrogen and oxygen atoms in total. The van der Waals surface area contributed by atoms with Crippen LogP contribution in [0.5, 0.6) is 0 Å². The molecule has 15 heavy (non-hydrogen) atoms. The van der Waals surface area contributed by atoms with Crippen molar-refractivity contribution in [3.63, 3.8) is 0 Å². The molecule has 1 aromatic rings. The van der Waals surface area contributed by atoms with Crippen molar-refractivity contribution in [2.75, 3.05) is 12.5 Å². The highest BCUT2D eigenvalue weighted by Gasteiger charge is 2.15. The maximum absolute atomic E-state index is 11.4. The quantitative estimate of drug-likeness (QED) is 0.495. The van der Waals surface area contributed by atoms with E-state index in [9.17, 15) is 4.79 Å². The van der Waals surface area contributed by atoms with Crippen LogP contribution >= 0.6 is 23.2 Å².